The predicted molar refractivity (Wildman–Crippen MR) is 92.7 cm³/mol. The lowest BCUT2D eigenvalue weighted by Crippen LogP contribution is -2.62. The SMILES string of the molecule is COc1ccc(C(=O)N2CC(N3CCC(C(N)=O)CC3)C2)c(OC)c1. The number of primary amides is 1. The third kappa shape index (κ3) is 3.56. The molecule has 0 aromatic heterocycles. The van der Waals surface area contributed by atoms with Gasteiger partial charge >= 0.3 is 0 Å². The maximum atomic E-state index is 12.7. The number of amides is 2. The first-order valence-corrected chi connectivity index (χ1v) is 8.58. The summed E-state index contributed by atoms with van der Waals surface area (Å²) in [4.78, 5) is 28.1. The Balaban J connectivity index is 1.56. The molecule has 0 atom stereocenters. The Morgan fingerprint density at radius 3 is 2.36 bits per heavy atom. The average molecular weight is 347 g/mol. The van der Waals surface area contributed by atoms with Gasteiger partial charge in [-0.3, -0.25) is 14.5 Å². The van der Waals surface area contributed by atoms with Crippen LogP contribution in [0.1, 0.15) is 23.2 Å². The number of nitrogens with two attached hydrogens (primary N) is 1. The maximum absolute atomic E-state index is 12.7. The first kappa shape index (κ1) is 17.5. The van der Waals surface area contributed by atoms with Crippen LogP contribution in [0.25, 0.3) is 0 Å². The highest BCUT2D eigenvalue weighted by Gasteiger charge is 2.37. The molecule has 2 aliphatic rings. The molecule has 0 saturated carbocycles. The second-order valence-electron chi connectivity index (χ2n) is 6.64. The first-order valence-electron chi connectivity index (χ1n) is 8.58. The van der Waals surface area contributed by atoms with E-state index in [2.05, 4.69) is 4.90 Å². The highest BCUT2D eigenvalue weighted by atomic mass is 16.5. The van der Waals surface area contributed by atoms with Gasteiger partial charge in [-0.25, -0.2) is 0 Å². The number of methoxy groups -OCH3 is 2. The average Bonchev–Trinajstić information content (AvgIpc) is 2.60. The van der Waals surface area contributed by atoms with E-state index in [9.17, 15) is 9.59 Å². The molecule has 2 fully saturated rings. The van der Waals surface area contributed by atoms with E-state index in [4.69, 9.17) is 15.2 Å². The van der Waals surface area contributed by atoms with Crippen molar-refractivity contribution in [1.29, 1.82) is 0 Å². The van der Waals surface area contributed by atoms with Crippen LogP contribution in [0.2, 0.25) is 0 Å². The largest absolute Gasteiger partial charge is 0.497 e. The number of hydrogen-bond donors (Lipinski definition) is 1. The van der Waals surface area contributed by atoms with Crippen LogP contribution in [0.4, 0.5) is 0 Å². The summed E-state index contributed by atoms with van der Waals surface area (Å²) in [6, 6.07) is 5.59. The van der Waals surface area contributed by atoms with Crippen molar-refractivity contribution in [3.05, 3.63) is 23.8 Å². The number of carbonyl (C=O) groups excluding carboxylic acids is 2. The molecule has 0 aliphatic carbocycles. The van der Waals surface area contributed by atoms with Crippen LogP contribution in [0.3, 0.4) is 0 Å². The third-order valence-electron chi connectivity index (χ3n) is 5.24. The van der Waals surface area contributed by atoms with Crippen molar-refractivity contribution >= 4 is 11.8 Å². The standard InChI is InChI=1S/C18H25N3O4/c1-24-14-3-4-15(16(9-14)25-2)18(23)21-10-13(11-21)20-7-5-12(6-8-20)17(19)22/h3-4,9,12-13H,5-8,10-11H2,1-2H3,(H2,19,22). The van der Waals surface area contributed by atoms with Crippen molar-refractivity contribution in [2.24, 2.45) is 11.7 Å². The summed E-state index contributed by atoms with van der Waals surface area (Å²) in [7, 11) is 3.13. The van der Waals surface area contributed by atoms with Gasteiger partial charge < -0.3 is 20.1 Å². The Morgan fingerprint density at radius 1 is 1.12 bits per heavy atom. The van der Waals surface area contributed by atoms with Crippen molar-refractivity contribution < 1.29 is 19.1 Å². The maximum Gasteiger partial charge on any atom is 0.257 e. The molecule has 2 heterocycles. The number of benzene rings is 1. The molecule has 0 spiro atoms. The highest BCUT2D eigenvalue weighted by Crippen LogP contribution is 2.29. The van der Waals surface area contributed by atoms with Crippen LogP contribution < -0.4 is 15.2 Å². The lowest BCUT2D eigenvalue weighted by atomic mass is 9.93. The summed E-state index contributed by atoms with van der Waals surface area (Å²) in [6.07, 6.45) is 1.62. The molecule has 7 heteroatoms. The molecule has 2 saturated heterocycles. The van der Waals surface area contributed by atoms with Gasteiger partial charge in [0.15, 0.2) is 0 Å². The second-order valence-corrected chi connectivity index (χ2v) is 6.64. The number of rotatable bonds is 5. The Bertz CT molecular complexity index is 650. The van der Waals surface area contributed by atoms with Crippen LogP contribution in [0.5, 0.6) is 11.5 Å². The summed E-state index contributed by atoms with van der Waals surface area (Å²) in [5, 5.41) is 0. The number of hydrogen-bond acceptors (Lipinski definition) is 5. The van der Waals surface area contributed by atoms with Gasteiger partial charge in [0.1, 0.15) is 11.5 Å². The van der Waals surface area contributed by atoms with E-state index in [-0.39, 0.29) is 17.7 Å². The number of carbonyl (C=O) groups is 2. The Labute approximate surface area is 147 Å². The fraction of sp³-hybridized carbons (Fsp3) is 0.556. The highest BCUT2D eigenvalue weighted by molar-refractivity contribution is 5.97. The Morgan fingerprint density at radius 2 is 1.80 bits per heavy atom. The normalized spacial score (nSPS) is 19.4. The molecular weight excluding hydrogens is 322 g/mol. The third-order valence-corrected chi connectivity index (χ3v) is 5.24. The summed E-state index contributed by atoms with van der Waals surface area (Å²) < 4.78 is 10.5. The van der Waals surface area contributed by atoms with Crippen LogP contribution in [-0.2, 0) is 4.79 Å². The first-order chi connectivity index (χ1) is 12.0. The van der Waals surface area contributed by atoms with E-state index < -0.39 is 0 Å². The molecule has 0 radical (unpaired) electrons. The zero-order valence-electron chi connectivity index (χ0n) is 14.7. The Hall–Kier alpha value is -2.28. The van der Waals surface area contributed by atoms with Crippen molar-refractivity contribution in [3.8, 4) is 11.5 Å². The molecule has 7 nitrogen and oxygen atoms in total. The Kier molecular flexibility index (Phi) is 5.13. The smallest absolute Gasteiger partial charge is 0.257 e. The van der Waals surface area contributed by atoms with E-state index >= 15 is 0 Å². The topological polar surface area (TPSA) is 85.1 Å². The van der Waals surface area contributed by atoms with Gasteiger partial charge in [-0.05, 0) is 38.1 Å². The summed E-state index contributed by atoms with van der Waals surface area (Å²) in [6.45, 7) is 3.14. The molecule has 2 amide bonds. The zero-order valence-corrected chi connectivity index (χ0v) is 14.7. The lowest BCUT2D eigenvalue weighted by molar-refractivity contribution is -0.123. The van der Waals surface area contributed by atoms with Crippen molar-refractivity contribution in [2.75, 3.05) is 40.4 Å². The summed E-state index contributed by atoms with van der Waals surface area (Å²) in [5.74, 6) is 0.958. The van der Waals surface area contributed by atoms with Gasteiger partial charge in [-0.15, -0.1) is 0 Å². The van der Waals surface area contributed by atoms with Crippen molar-refractivity contribution in [2.45, 2.75) is 18.9 Å². The summed E-state index contributed by atoms with van der Waals surface area (Å²) >= 11 is 0. The number of ether oxygens (including phenoxy) is 2. The molecule has 25 heavy (non-hydrogen) atoms. The van der Waals surface area contributed by atoms with E-state index in [1.165, 1.54) is 0 Å². The van der Waals surface area contributed by atoms with Gasteiger partial charge in [0.2, 0.25) is 5.91 Å². The quantitative estimate of drug-likeness (QED) is 0.849. The van der Waals surface area contributed by atoms with Crippen molar-refractivity contribution in [3.63, 3.8) is 0 Å². The predicted octanol–water partition coefficient (Wildman–Crippen LogP) is 0.726. The van der Waals surface area contributed by atoms with Gasteiger partial charge in [-0.2, -0.15) is 0 Å². The fourth-order valence-corrected chi connectivity index (χ4v) is 3.55. The van der Waals surface area contributed by atoms with Crippen LogP contribution >= 0.6 is 0 Å². The fourth-order valence-electron chi connectivity index (χ4n) is 3.55. The molecule has 3 rings (SSSR count). The molecule has 1 aromatic rings. The molecule has 1 aromatic carbocycles. The second kappa shape index (κ2) is 7.31. The van der Waals surface area contributed by atoms with Crippen LogP contribution in [-0.4, -0.2) is 68.1 Å². The van der Waals surface area contributed by atoms with E-state index in [0.29, 0.717) is 36.2 Å². The molecule has 2 aliphatic heterocycles. The minimum atomic E-state index is -0.198. The van der Waals surface area contributed by atoms with Crippen LogP contribution in [0.15, 0.2) is 18.2 Å². The van der Waals surface area contributed by atoms with E-state index in [1.54, 1.807) is 32.4 Å². The minimum Gasteiger partial charge on any atom is -0.497 e. The monoisotopic (exact) mass is 347 g/mol. The molecule has 0 bridgehead atoms. The minimum absolute atomic E-state index is 0.00220. The number of nitrogens with zero attached hydrogens (tertiary/aromatic N) is 2. The molecule has 0 unspecified atom stereocenters. The molecular formula is C18H25N3O4. The molecule has 2 N–H and O–H groups in total. The van der Waals surface area contributed by atoms with Gasteiger partial charge in [0, 0.05) is 31.1 Å². The number of piperidine rings is 1. The van der Waals surface area contributed by atoms with Gasteiger partial charge in [-0.1, -0.05) is 0 Å². The molecule has 136 valence electrons. The van der Waals surface area contributed by atoms with Gasteiger partial charge in [0.05, 0.1) is 19.8 Å². The van der Waals surface area contributed by atoms with E-state index in [0.717, 1.165) is 25.9 Å². The van der Waals surface area contributed by atoms with Gasteiger partial charge in [0.25, 0.3) is 5.91 Å². The lowest BCUT2D eigenvalue weighted by Gasteiger charge is -2.47. The van der Waals surface area contributed by atoms with Crippen molar-refractivity contribution in [1.82, 2.24) is 9.80 Å². The summed E-state index contributed by atoms with van der Waals surface area (Å²) in [5.41, 5.74) is 5.93. The number of likely N-dealkylation sites (tertiary alicyclic amines) is 2. The van der Waals surface area contributed by atoms with E-state index in [1.807, 2.05) is 4.90 Å². The van der Waals surface area contributed by atoms with Crippen LogP contribution in [0, 0.1) is 5.92 Å². The zero-order chi connectivity index (χ0) is 18.0.